The number of aryl methyl sites for hydroxylation is 1. The van der Waals surface area contributed by atoms with Gasteiger partial charge >= 0.3 is 0 Å². The van der Waals surface area contributed by atoms with Crippen LogP contribution in [0.2, 0.25) is 0 Å². The van der Waals surface area contributed by atoms with E-state index in [0.717, 1.165) is 23.2 Å². The number of benzene rings is 2. The third-order valence-electron chi connectivity index (χ3n) is 6.99. The molecule has 0 spiro atoms. The molecule has 2 unspecified atom stereocenters. The number of rotatable bonds is 7. The highest BCUT2D eigenvalue weighted by Gasteiger charge is 2.31. The van der Waals surface area contributed by atoms with E-state index in [9.17, 15) is 24.0 Å². The standard InChI is InChI=1S/C15H19N3O3.C14H17NO2.C2H6/c1-3-10-4-5-12(11(8-10)16-9-19)18(2)13-6-7-14(20)17-15(13)21;1-9(2)10-3-5-11(6-4-10)12-7-8-13(16)15-14(12)17;1-2/h4-5,8-9,13H,3,6-7H2,1-2H3,(H,16,19)(H,17,20,21);3-6,9,12H,7-8H2,1-2H3,(H,15,16,17);1-2H3. The fraction of sp³-hybridized carbons (Fsp3) is 0.452. The lowest BCUT2D eigenvalue weighted by atomic mass is 9.89. The lowest BCUT2D eigenvalue weighted by Crippen LogP contribution is -2.51. The second kappa shape index (κ2) is 15.5. The van der Waals surface area contributed by atoms with Gasteiger partial charge in [-0.1, -0.05) is 65.0 Å². The summed E-state index contributed by atoms with van der Waals surface area (Å²) in [6.07, 6.45) is 3.32. The van der Waals surface area contributed by atoms with Gasteiger partial charge in [-0.05, 0) is 54.0 Å². The maximum atomic E-state index is 11.9. The van der Waals surface area contributed by atoms with Crippen LogP contribution in [0, 0.1) is 0 Å². The number of amides is 5. The Morgan fingerprint density at radius 1 is 0.925 bits per heavy atom. The predicted octanol–water partition coefficient (Wildman–Crippen LogP) is 4.42. The number of nitrogens with zero attached hydrogens (tertiary/aromatic N) is 1. The topological polar surface area (TPSA) is 125 Å². The number of imide groups is 2. The maximum absolute atomic E-state index is 11.9. The van der Waals surface area contributed by atoms with E-state index in [-0.39, 0.29) is 29.5 Å². The SMILES string of the molecule is CC.CC(C)c1ccc(C2CCC(=O)NC2=O)cc1.CCc1ccc(N(C)C2CCC(=O)NC2=O)c(NC=O)c1. The number of likely N-dealkylation sites (N-methyl/N-ethyl adjacent to an activating group) is 1. The molecule has 4 rings (SSSR count). The highest BCUT2D eigenvalue weighted by atomic mass is 16.2. The van der Waals surface area contributed by atoms with E-state index in [1.165, 1.54) is 5.56 Å². The molecule has 2 heterocycles. The van der Waals surface area contributed by atoms with E-state index in [1.54, 1.807) is 11.9 Å². The first-order valence-corrected chi connectivity index (χ1v) is 14.0. The van der Waals surface area contributed by atoms with Gasteiger partial charge < -0.3 is 10.2 Å². The highest BCUT2D eigenvalue weighted by Crippen LogP contribution is 2.30. The maximum Gasteiger partial charge on any atom is 0.249 e. The minimum atomic E-state index is -0.414. The summed E-state index contributed by atoms with van der Waals surface area (Å²) < 4.78 is 0. The number of nitrogens with one attached hydrogen (secondary N) is 3. The highest BCUT2D eigenvalue weighted by molar-refractivity contribution is 6.02. The van der Waals surface area contributed by atoms with Crippen molar-refractivity contribution >= 4 is 41.4 Å². The molecule has 0 saturated carbocycles. The first-order valence-electron chi connectivity index (χ1n) is 14.0. The Morgan fingerprint density at radius 3 is 2.05 bits per heavy atom. The zero-order valence-electron chi connectivity index (χ0n) is 24.4. The van der Waals surface area contributed by atoms with Gasteiger partial charge in [0, 0.05) is 19.9 Å². The molecule has 0 radical (unpaired) electrons. The molecule has 9 nitrogen and oxygen atoms in total. The monoisotopic (exact) mass is 550 g/mol. The molecule has 0 aliphatic carbocycles. The summed E-state index contributed by atoms with van der Waals surface area (Å²) in [7, 11) is 1.79. The summed E-state index contributed by atoms with van der Waals surface area (Å²) in [5.41, 5.74) is 4.78. The van der Waals surface area contributed by atoms with Crippen molar-refractivity contribution in [1.29, 1.82) is 0 Å². The van der Waals surface area contributed by atoms with Gasteiger partial charge in [-0.3, -0.25) is 34.6 Å². The third-order valence-corrected chi connectivity index (χ3v) is 6.99. The van der Waals surface area contributed by atoms with Crippen LogP contribution in [-0.4, -0.2) is 43.1 Å². The normalized spacial score (nSPS) is 18.4. The Balaban J connectivity index is 0.000000269. The summed E-state index contributed by atoms with van der Waals surface area (Å²) in [6, 6.07) is 13.4. The van der Waals surface area contributed by atoms with Crippen molar-refractivity contribution in [2.45, 2.75) is 84.6 Å². The molecule has 0 aromatic heterocycles. The Morgan fingerprint density at radius 2 is 1.52 bits per heavy atom. The molecule has 40 heavy (non-hydrogen) atoms. The zero-order chi connectivity index (χ0) is 29.8. The molecule has 9 heteroatoms. The molecule has 2 aromatic rings. The van der Waals surface area contributed by atoms with E-state index in [2.05, 4.69) is 41.9 Å². The molecular weight excluding hydrogens is 508 g/mol. The number of hydrogen-bond donors (Lipinski definition) is 3. The predicted molar refractivity (Wildman–Crippen MR) is 157 cm³/mol. The molecule has 2 aliphatic rings. The molecule has 2 atom stereocenters. The smallest absolute Gasteiger partial charge is 0.249 e. The molecule has 2 saturated heterocycles. The molecule has 0 bridgehead atoms. The van der Waals surface area contributed by atoms with Crippen molar-refractivity contribution < 1.29 is 24.0 Å². The first kappa shape index (κ1) is 32.2. The van der Waals surface area contributed by atoms with Crippen molar-refractivity contribution in [3.05, 3.63) is 59.2 Å². The van der Waals surface area contributed by atoms with Crippen LogP contribution in [-0.2, 0) is 30.4 Å². The first-order chi connectivity index (χ1) is 19.1. The van der Waals surface area contributed by atoms with Crippen LogP contribution in [0.5, 0.6) is 0 Å². The van der Waals surface area contributed by atoms with Gasteiger partial charge in [-0.15, -0.1) is 0 Å². The van der Waals surface area contributed by atoms with Crippen LogP contribution in [0.1, 0.15) is 88.8 Å². The number of hydrogen-bond acceptors (Lipinski definition) is 6. The minimum absolute atomic E-state index is 0.162. The number of piperidine rings is 2. The van der Waals surface area contributed by atoms with Crippen molar-refractivity contribution in [3.63, 3.8) is 0 Å². The van der Waals surface area contributed by atoms with E-state index in [1.807, 2.05) is 51.1 Å². The number of anilines is 2. The molecule has 3 N–H and O–H groups in total. The quantitative estimate of drug-likeness (QED) is 0.346. The van der Waals surface area contributed by atoms with E-state index < -0.39 is 6.04 Å². The van der Waals surface area contributed by atoms with Crippen LogP contribution in [0.25, 0.3) is 0 Å². The van der Waals surface area contributed by atoms with Crippen molar-refractivity contribution in [2.75, 3.05) is 17.3 Å². The minimum Gasteiger partial charge on any atom is -0.361 e. The molecule has 2 fully saturated rings. The summed E-state index contributed by atoms with van der Waals surface area (Å²) in [4.78, 5) is 58.5. The van der Waals surface area contributed by atoms with Gasteiger partial charge in [0.1, 0.15) is 6.04 Å². The summed E-state index contributed by atoms with van der Waals surface area (Å²) >= 11 is 0. The second-order valence-electron chi connectivity index (χ2n) is 9.87. The van der Waals surface area contributed by atoms with E-state index >= 15 is 0 Å². The number of carbonyl (C=O) groups is 5. The Bertz CT molecular complexity index is 1190. The number of carbonyl (C=O) groups excluding carboxylic acids is 5. The summed E-state index contributed by atoms with van der Waals surface area (Å²) in [5.74, 6) is -0.550. The van der Waals surface area contributed by atoms with Crippen LogP contribution in [0.4, 0.5) is 11.4 Å². The third kappa shape index (κ3) is 8.49. The van der Waals surface area contributed by atoms with Crippen LogP contribution in [0.15, 0.2) is 42.5 Å². The fourth-order valence-corrected chi connectivity index (χ4v) is 4.63. The lowest BCUT2D eigenvalue weighted by molar-refractivity contribution is -0.135. The van der Waals surface area contributed by atoms with Crippen molar-refractivity contribution in [1.82, 2.24) is 10.6 Å². The zero-order valence-corrected chi connectivity index (χ0v) is 24.4. The second-order valence-corrected chi connectivity index (χ2v) is 9.87. The van der Waals surface area contributed by atoms with Gasteiger partial charge in [-0.25, -0.2) is 0 Å². The molecule has 2 aromatic carbocycles. The summed E-state index contributed by atoms with van der Waals surface area (Å²) in [5, 5.41) is 7.41. The average molecular weight is 551 g/mol. The van der Waals surface area contributed by atoms with Gasteiger partial charge in [0.2, 0.25) is 30.0 Å². The average Bonchev–Trinajstić information content (AvgIpc) is 2.94. The largest absolute Gasteiger partial charge is 0.361 e. The van der Waals surface area contributed by atoms with Crippen LogP contribution in [0.3, 0.4) is 0 Å². The Kier molecular flexibility index (Phi) is 12.5. The van der Waals surface area contributed by atoms with Gasteiger partial charge in [-0.2, -0.15) is 0 Å². The molecule has 2 aliphatic heterocycles. The summed E-state index contributed by atoms with van der Waals surface area (Å²) in [6.45, 7) is 10.3. The van der Waals surface area contributed by atoms with Gasteiger partial charge in [0.15, 0.2) is 0 Å². The fourth-order valence-electron chi connectivity index (χ4n) is 4.63. The van der Waals surface area contributed by atoms with E-state index in [0.29, 0.717) is 43.7 Å². The molecule has 5 amide bonds. The van der Waals surface area contributed by atoms with Crippen molar-refractivity contribution in [2.24, 2.45) is 0 Å². The van der Waals surface area contributed by atoms with Crippen molar-refractivity contribution in [3.8, 4) is 0 Å². The Hall–Kier alpha value is -4.01. The Labute approximate surface area is 237 Å². The van der Waals surface area contributed by atoms with E-state index in [4.69, 9.17) is 0 Å². The molecular formula is C31H42N4O5. The van der Waals surface area contributed by atoms with Crippen LogP contribution < -0.4 is 20.9 Å². The van der Waals surface area contributed by atoms with Crippen LogP contribution >= 0.6 is 0 Å². The van der Waals surface area contributed by atoms with Gasteiger partial charge in [0.25, 0.3) is 0 Å². The molecule has 216 valence electrons. The van der Waals surface area contributed by atoms with Gasteiger partial charge in [0.05, 0.1) is 17.3 Å². The lowest BCUT2D eigenvalue weighted by Gasteiger charge is -2.32.